The van der Waals surface area contributed by atoms with Crippen LogP contribution in [0, 0.1) is 0 Å². The van der Waals surface area contributed by atoms with Crippen molar-refractivity contribution < 1.29 is 18.0 Å². The number of halogens is 2. The van der Waals surface area contributed by atoms with Gasteiger partial charge in [0.1, 0.15) is 12.6 Å². The minimum absolute atomic E-state index is 0.0118. The van der Waals surface area contributed by atoms with Gasteiger partial charge >= 0.3 is 0 Å². The Labute approximate surface area is 224 Å². The molecule has 36 heavy (non-hydrogen) atoms. The number of hydrogen-bond donors (Lipinski definition) is 1. The van der Waals surface area contributed by atoms with Gasteiger partial charge in [0.05, 0.1) is 11.9 Å². The molecule has 0 saturated heterocycles. The highest BCUT2D eigenvalue weighted by Crippen LogP contribution is 2.26. The molecule has 7 nitrogen and oxygen atoms in total. The Morgan fingerprint density at radius 1 is 1.03 bits per heavy atom. The normalized spacial score (nSPS) is 12.7. The van der Waals surface area contributed by atoms with Gasteiger partial charge in [-0.3, -0.25) is 13.9 Å². The van der Waals surface area contributed by atoms with Crippen LogP contribution in [-0.4, -0.2) is 49.5 Å². The van der Waals surface area contributed by atoms with Gasteiger partial charge in [-0.05, 0) is 62.9 Å². The first-order valence-electron chi connectivity index (χ1n) is 11.8. The van der Waals surface area contributed by atoms with Crippen LogP contribution in [0.3, 0.4) is 0 Å². The molecule has 1 N–H and O–H groups in total. The van der Waals surface area contributed by atoms with Crippen LogP contribution < -0.4 is 9.62 Å². The maximum absolute atomic E-state index is 13.8. The number of sulfonamides is 1. The molecule has 198 valence electrons. The van der Waals surface area contributed by atoms with E-state index in [0.29, 0.717) is 34.1 Å². The van der Waals surface area contributed by atoms with Crippen molar-refractivity contribution in [2.75, 3.05) is 17.1 Å². The largest absolute Gasteiger partial charge is 0.350 e. The van der Waals surface area contributed by atoms with Crippen LogP contribution in [0.5, 0.6) is 0 Å². The van der Waals surface area contributed by atoms with Crippen molar-refractivity contribution in [1.29, 1.82) is 0 Å². The lowest BCUT2D eigenvalue weighted by Crippen LogP contribution is -2.55. The molecule has 0 aliphatic heterocycles. The van der Waals surface area contributed by atoms with Crippen molar-refractivity contribution in [3.8, 4) is 0 Å². The van der Waals surface area contributed by atoms with Crippen LogP contribution >= 0.6 is 23.2 Å². The molecule has 0 fully saturated rings. The number of benzene rings is 2. The Kier molecular flexibility index (Phi) is 10.2. The zero-order chi connectivity index (χ0) is 27.3. The molecule has 2 amide bonds. The van der Waals surface area contributed by atoms with Crippen molar-refractivity contribution in [3.63, 3.8) is 0 Å². The summed E-state index contributed by atoms with van der Waals surface area (Å²) in [5.41, 5.74) is 1.31. The number of rotatable bonds is 10. The van der Waals surface area contributed by atoms with Gasteiger partial charge in [0.2, 0.25) is 21.8 Å². The Morgan fingerprint density at radius 3 is 2.19 bits per heavy atom. The van der Waals surface area contributed by atoms with Crippen molar-refractivity contribution in [1.82, 2.24) is 10.2 Å². The van der Waals surface area contributed by atoms with Crippen molar-refractivity contribution >= 4 is 50.7 Å². The molecule has 0 aromatic heterocycles. The number of anilines is 1. The summed E-state index contributed by atoms with van der Waals surface area (Å²) < 4.78 is 26.7. The van der Waals surface area contributed by atoms with Crippen molar-refractivity contribution in [2.24, 2.45) is 0 Å². The minimum atomic E-state index is -3.81. The zero-order valence-corrected chi connectivity index (χ0v) is 24.0. The summed E-state index contributed by atoms with van der Waals surface area (Å²) in [6.07, 6.45) is 1.98. The average Bonchev–Trinajstić information content (AvgIpc) is 2.76. The molecule has 0 bridgehead atoms. The first kappa shape index (κ1) is 29.9. The summed E-state index contributed by atoms with van der Waals surface area (Å²) in [5.74, 6) is -0.850. The molecule has 0 aliphatic rings. The molecule has 2 rings (SSSR count). The number of para-hydroxylation sites is 1. The van der Waals surface area contributed by atoms with Crippen molar-refractivity contribution in [2.45, 2.75) is 65.6 Å². The molecule has 0 spiro atoms. The topological polar surface area (TPSA) is 86.8 Å². The second-order valence-electron chi connectivity index (χ2n) is 9.67. The fraction of sp³-hybridized carbons (Fsp3) is 0.462. The summed E-state index contributed by atoms with van der Waals surface area (Å²) >= 11 is 12.4. The smallest absolute Gasteiger partial charge is 0.244 e. The predicted octanol–water partition coefficient (Wildman–Crippen LogP) is 5.04. The number of hydrogen-bond acceptors (Lipinski definition) is 4. The van der Waals surface area contributed by atoms with Crippen LogP contribution in [-0.2, 0) is 32.6 Å². The maximum atomic E-state index is 13.8. The number of nitrogens with one attached hydrogen (secondary N) is 1. The van der Waals surface area contributed by atoms with E-state index in [1.54, 1.807) is 37.3 Å². The Balaban J connectivity index is 2.53. The van der Waals surface area contributed by atoms with Crippen LogP contribution in [0.2, 0.25) is 10.0 Å². The number of nitrogens with zero attached hydrogens (tertiary/aromatic N) is 2. The van der Waals surface area contributed by atoms with E-state index in [-0.39, 0.29) is 12.5 Å². The SMILES string of the molecule is CCc1ccccc1N(CC(=O)N(Cc1ccc(Cl)cc1Cl)[C@@H](CC)C(=O)NC(C)(C)C)S(C)(=O)=O. The molecule has 0 radical (unpaired) electrons. The minimum Gasteiger partial charge on any atom is -0.350 e. The molecule has 2 aromatic carbocycles. The Hall–Kier alpha value is -2.29. The summed E-state index contributed by atoms with van der Waals surface area (Å²) in [6.45, 7) is 8.84. The van der Waals surface area contributed by atoms with Gasteiger partial charge in [0, 0.05) is 22.1 Å². The molecular weight excluding hydrogens is 521 g/mol. The van der Waals surface area contributed by atoms with E-state index in [2.05, 4.69) is 5.32 Å². The predicted molar refractivity (Wildman–Crippen MR) is 147 cm³/mol. The highest BCUT2D eigenvalue weighted by molar-refractivity contribution is 7.92. The molecular formula is C26H35Cl2N3O4S. The highest BCUT2D eigenvalue weighted by atomic mass is 35.5. The number of amides is 2. The van der Waals surface area contributed by atoms with Gasteiger partial charge < -0.3 is 10.2 Å². The molecule has 10 heteroatoms. The van der Waals surface area contributed by atoms with Crippen LogP contribution in [0.15, 0.2) is 42.5 Å². The van der Waals surface area contributed by atoms with Gasteiger partial charge in [-0.2, -0.15) is 0 Å². The van der Waals surface area contributed by atoms with Crippen LogP contribution in [0.25, 0.3) is 0 Å². The highest BCUT2D eigenvalue weighted by Gasteiger charge is 2.33. The molecule has 0 heterocycles. The summed E-state index contributed by atoms with van der Waals surface area (Å²) in [4.78, 5) is 28.4. The molecule has 0 unspecified atom stereocenters. The quantitative estimate of drug-likeness (QED) is 0.444. The fourth-order valence-corrected chi connectivity index (χ4v) is 5.20. The Bertz CT molecular complexity index is 1200. The fourth-order valence-electron chi connectivity index (χ4n) is 3.85. The van der Waals surface area contributed by atoms with E-state index in [1.807, 2.05) is 39.8 Å². The standard InChI is InChI=1S/C26H35Cl2N3O4S/c1-7-18-11-9-10-12-23(18)31(36(6,34)35)17-24(32)30(16-19-13-14-20(27)15-21(19)28)22(8-2)25(33)29-26(3,4)5/h9-15,22H,7-8,16-17H2,1-6H3,(H,29,33)/t22-/m0/s1. The van der Waals surface area contributed by atoms with Gasteiger partial charge in [-0.25, -0.2) is 8.42 Å². The summed E-state index contributed by atoms with van der Waals surface area (Å²) in [6, 6.07) is 11.1. The van der Waals surface area contributed by atoms with Crippen LogP contribution in [0.4, 0.5) is 5.69 Å². The van der Waals surface area contributed by atoms with Gasteiger partial charge in [0.15, 0.2) is 0 Å². The summed E-state index contributed by atoms with van der Waals surface area (Å²) in [7, 11) is -3.81. The second kappa shape index (κ2) is 12.3. The van der Waals surface area contributed by atoms with E-state index < -0.39 is 34.1 Å². The number of aryl methyl sites for hydroxylation is 1. The van der Waals surface area contributed by atoms with E-state index in [4.69, 9.17) is 23.2 Å². The van der Waals surface area contributed by atoms with Crippen molar-refractivity contribution in [3.05, 3.63) is 63.6 Å². The molecule has 1 atom stereocenters. The second-order valence-corrected chi connectivity index (χ2v) is 12.4. The van der Waals surface area contributed by atoms with E-state index >= 15 is 0 Å². The lowest BCUT2D eigenvalue weighted by molar-refractivity contribution is -0.141. The maximum Gasteiger partial charge on any atom is 0.244 e. The molecule has 2 aromatic rings. The summed E-state index contributed by atoms with van der Waals surface area (Å²) in [5, 5.41) is 3.72. The first-order valence-corrected chi connectivity index (χ1v) is 14.4. The van der Waals surface area contributed by atoms with Crippen LogP contribution in [0.1, 0.15) is 52.2 Å². The lowest BCUT2D eigenvalue weighted by atomic mass is 10.1. The third-order valence-corrected chi connectivity index (χ3v) is 7.27. The van der Waals surface area contributed by atoms with E-state index in [0.717, 1.165) is 16.1 Å². The molecule has 0 aliphatic carbocycles. The zero-order valence-electron chi connectivity index (χ0n) is 21.6. The molecule has 0 saturated carbocycles. The first-order chi connectivity index (χ1) is 16.7. The Morgan fingerprint density at radius 2 is 1.67 bits per heavy atom. The van der Waals surface area contributed by atoms with E-state index in [9.17, 15) is 18.0 Å². The third-order valence-electron chi connectivity index (χ3n) is 5.56. The monoisotopic (exact) mass is 555 g/mol. The number of carbonyl (C=O) groups is 2. The van der Waals surface area contributed by atoms with Gasteiger partial charge in [-0.1, -0.05) is 61.3 Å². The van der Waals surface area contributed by atoms with Gasteiger partial charge in [0.25, 0.3) is 0 Å². The van der Waals surface area contributed by atoms with Gasteiger partial charge in [-0.15, -0.1) is 0 Å². The third kappa shape index (κ3) is 8.11. The van der Waals surface area contributed by atoms with E-state index in [1.165, 1.54) is 4.90 Å². The average molecular weight is 557 g/mol. The number of carbonyl (C=O) groups excluding carboxylic acids is 2. The lowest BCUT2D eigenvalue weighted by Gasteiger charge is -2.35.